The number of thiazole rings is 1. The van der Waals surface area contributed by atoms with E-state index < -0.39 is 0 Å². The predicted molar refractivity (Wildman–Crippen MR) is 121 cm³/mol. The van der Waals surface area contributed by atoms with E-state index >= 15 is 0 Å². The monoisotopic (exact) mass is 435 g/mol. The molecule has 0 unspecified atom stereocenters. The molecule has 4 aromatic rings. The molecule has 8 nitrogen and oxygen atoms in total. The van der Waals surface area contributed by atoms with Crippen LogP contribution in [0.2, 0.25) is 0 Å². The van der Waals surface area contributed by atoms with Gasteiger partial charge in [0.05, 0.1) is 25.1 Å². The highest BCUT2D eigenvalue weighted by Gasteiger charge is 2.15. The van der Waals surface area contributed by atoms with Crippen LogP contribution in [0.1, 0.15) is 12.6 Å². The Morgan fingerprint density at radius 1 is 1.13 bits per heavy atom. The molecule has 2 heterocycles. The van der Waals surface area contributed by atoms with Gasteiger partial charge in [0.15, 0.2) is 5.69 Å². The van der Waals surface area contributed by atoms with Crippen molar-refractivity contribution in [3.05, 3.63) is 70.0 Å². The lowest BCUT2D eigenvalue weighted by Gasteiger charge is -2.04. The van der Waals surface area contributed by atoms with Crippen molar-refractivity contribution in [1.29, 1.82) is 0 Å². The fourth-order valence-corrected chi connectivity index (χ4v) is 3.76. The maximum Gasteiger partial charge on any atom is 0.301 e. The summed E-state index contributed by atoms with van der Waals surface area (Å²) in [7, 11) is 1.63. The third-order valence-corrected chi connectivity index (χ3v) is 5.36. The molecule has 2 aromatic heterocycles. The van der Waals surface area contributed by atoms with Crippen LogP contribution in [0.25, 0.3) is 16.4 Å². The number of azo groups is 1. The molecule has 0 aliphatic carbocycles. The van der Waals surface area contributed by atoms with Crippen molar-refractivity contribution in [2.24, 2.45) is 10.2 Å². The number of nitrogens with one attached hydrogen (secondary N) is 1. The highest BCUT2D eigenvalue weighted by molar-refractivity contribution is 7.12. The fraction of sp³-hybridized carbons (Fsp3) is 0.182. The molecule has 0 bridgehead atoms. The molecule has 0 aliphatic heterocycles. The Balaban J connectivity index is 1.63. The maximum atomic E-state index is 12.9. The summed E-state index contributed by atoms with van der Waals surface area (Å²) >= 11 is 1.36. The van der Waals surface area contributed by atoms with E-state index in [2.05, 4.69) is 20.3 Å². The number of H-pyrrole nitrogens is 1. The largest absolute Gasteiger partial charge is 0.497 e. The summed E-state index contributed by atoms with van der Waals surface area (Å²) in [4.78, 5) is 17.5. The van der Waals surface area contributed by atoms with Crippen molar-refractivity contribution in [3.63, 3.8) is 0 Å². The van der Waals surface area contributed by atoms with E-state index in [0.29, 0.717) is 28.9 Å². The Labute approximate surface area is 182 Å². The van der Waals surface area contributed by atoms with E-state index in [-0.39, 0.29) is 11.2 Å². The van der Waals surface area contributed by atoms with Crippen LogP contribution in [0.5, 0.6) is 11.5 Å². The van der Waals surface area contributed by atoms with Gasteiger partial charge < -0.3 is 9.47 Å². The summed E-state index contributed by atoms with van der Waals surface area (Å²) in [5.74, 6) is 1.39. The molecule has 158 valence electrons. The minimum atomic E-state index is -0.314. The number of para-hydroxylation sites is 1. The first-order valence-corrected chi connectivity index (χ1v) is 10.5. The van der Waals surface area contributed by atoms with Gasteiger partial charge >= 0.3 is 5.56 Å². The van der Waals surface area contributed by atoms with Crippen molar-refractivity contribution in [2.45, 2.75) is 13.8 Å². The Kier molecular flexibility index (Phi) is 5.94. The number of benzene rings is 2. The molecule has 0 amide bonds. The third-order valence-electron chi connectivity index (χ3n) is 4.53. The number of aromatic amines is 1. The minimum absolute atomic E-state index is 0.229. The molecule has 1 N–H and O–H groups in total. The summed E-state index contributed by atoms with van der Waals surface area (Å²) in [6.45, 7) is 4.19. The molecule has 0 radical (unpaired) electrons. The smallest absolute Gasteiger partial charge is 0.301 e. The number of methoxy groups -OCH3 is 1. The highest BCUT2D eigenvalue weighted by Crippen LogP contribution is 2.29. The van der Waals surface area contributed by atoms with Crippen LogP contribution in [0.3, 0.4) is 0 Å². The van der Waals surface area contributed by atoms with E-state index in [1.54, 1.807) is 20.1 Å². The highest BCUT2D eigenvalue weighted by atomic mass is 32.1. The molecular formula is C22H21N5O3S. The number of aryl methyl sites for hydroxylation is 1. The lowest BCUT2D eigenvalue weighted by atomic mass is 10.2. The number of hydrogen-bond acceptors (Lipinski definition) is 7. The van der Waals surface area contributed by atoms with E-state index in [0.717, 1.165) is 17.0 Å². The van der Waals surface area contributed by atoms with Crippen LogP contribution in [0.4, 0.5) is 11.4 Å². The first-order valence-electron chi connectivity index (χ1n) is 9.66. The van der Waals surface area contributed by atoms with Gasteiger partial charge in [0.2, 0.25) is 5.13 Å². The van der Waals surface area contributed by atoms with Gasteiger partial charge in [0, 0.05) is 10.9 Å². The summed E-state index contributed by atoms with van der Waals surface area (Å²) in [6, 6.07) is 14.9. The minimum Gasteiger partial charge on any atom is -0.497 e. The van der Waals surface area contributed by atoms with Gasteiger partial charge in [-0.3, -0.25) is 9.89 Å². The van der Waals surface area contributed by atoms with Gasteiger partial charge in [-0.2, -0.15) is 4.68 Å². The molecular weight excluding hydrogens is 414 g/mol. The lowest BCUT2D eigenvalue weighted by Crippen LogP contribution is -2.13. The predicted octanol–water partition coefficient (Wildman–Crippen LogP) is 5.42. The first-order chi connectivity index (χ1) is 15.1. The quantitative estimate of drug-likeness (QED) is 0.392. The molecule has 0 saturated carbocycles. The molecule has 9 heteroatoms. The van der Waals surface area contributed by atoms with Crippen LogP contribution in [0, 0.1) is 6.92 Å². The molecule has 4 rings (SSSR count). The fourth-order valence-electron chi connectivity index (χ4n) is 2.97. The summed E-state index contributed by atoms with van der Waals surface area (Å²) in [5, 5.41) is 13.9. The maximum absolute atomic E-state index is 12.9. The van der Waals surface area contributed by atoms with Crippen molar-refractivity contribution >= 4 is 22.7 Å². The Hall–Kier alpha value is -3.72. The summed E-state index contributed by atoms with van der Waals surface area (Å²) in [6.07, 6.45) is 0. The second kappa shape index (κ2) is 8.97. The van der Waals surface area contributed by atoms with Crippen molar-refractivity contribution in [3.8, 4) is 27.9 Å². The topological polar surface area (TPSA) is 93.9 Å². The zero-order chi connectivity index (χ0) is 21.8. The van der Waals surface area contributed by atoms with E-state index in [1.165, 1.54) is 16.0 Å². The van der Waals surface area contributed by atoms with Crippen LogP contribution in [-0.2, 0) is 0 Å². The van der Waals surface area contributed by atoms with E-state index in [1.807, 2.05) is 54.8 Å². The zero-order valence-electron chi connectivity index (χ0n) is 17.3. The lowest BCUT2D eigenvalue weighted by molar-refractivity contribution is 0.341. The Morgan fingerprint density at radius 3 is 2.65 bits per heavy atom. The molecule has 0 saturated heterocycles. The standard InChI is InChI=1S/C22H21N5O3S/c1-4-30-19-8-6-5-7-17(19)24-25-20-14(2)26-27(21(20)28)22-23-18(13-31-22)15-9-11-16(29-3)12-10-15/h5-13,26H,4H2,1-3H3. The van der Waals surface area contributed by atoms with Crippen LogP contribution >= 0.6 is 11.3 Å². The average Bonchev–Trinajstić information content (AvgIpc) is 3.38. The van der Waals surface area contributed by atoms with Gasteiger partial charge in [0.25, 0.3) is 0 Å². The van der Waals surface area contributed by atoms with Crippen molar-refractivity contribution in [1.82, 2.24) is 14.8 Å². The van der Waals surface area contributed by atoms with Crippen molar-refractivity contribution in [2.75, 3.05) is 13.7 Å². The Morgan fingerprint density at radius 2 is 1.90 bits per heavy atom. The first kappa shape index (κ1) is 20.5. The van der Waals surface area contributed by atoms with Crippen LogP contribution < -0.4 is 15.0 Å². The normalized spacial score (nSPS) is 11.2. The third kappa shape index (κ3) is 4.26. The number of hydrogen-bond donors (Lipinski definition) is 1. The second-order valence-corrected chi connectivity index (χ2v) is 7.41. The average molecular weight is 436 g/mol. The zero-order valence-corrected chi connectivity index (χ0v) is 18.1. The SMILES string of the molecule is CCOc1ccccc1N=Nc1c(C)[nH]n(-c2nc(-c3ccc(OC)cc3)cs2)c1=O. The molecule has 0 atom stereocenters. The molecule has 0 fully saturated rings. The van der Waals surface area contributed by atoms with E-state index in [4.69, 9.17) is 9.47 Å². The molecule has 2 aromatic carbocycles. The number of aromatic nitrogens is 3. The van der Waals surface area contributed by atoms with Gasteiger partial charge in [-0.05, 0) is 50.2 Å². The van der Waals surface area contributed by atoms with Gasteiger partial charge in [-0.1, -0.05) is 12.1 Å². The second-order valence-electron chi connectivity index (χ2n) is 6.57. The van der Waals surface area contributed by atoms with Crippen LogP contribution in [0.15, 0.2) is 68.9 Å². The number of rotatable bonds is 7. The van der Waals surface area contributed by atoms with Gasteiger partial charge in [0.1, 0.15) is 17.2 Å². The summed E-state index contributed by atoms with van der Waals surface area (Å²) < 4.78 is 12.1. The number of nitrogens with zero attached hydrogens (tertiary/aromatic N) is 4. The number of ether oxygens (including phenoxy) is 2. The van der Waals surface area contributed by atoms with E-state index in [9.17, 15) is 4.79 Å². The summed E-state index contributed by atoms with van der Waals surface area (Å²) in [5.41, 5.74) is 2.79. The van der Waals surface area contributed by atoms with Crippen molar-refractivity contribution < 1.29 is 9.47 Å². The molecule has 31 heavy (non-hydrogen) atoms. The van der Waals surface area contributed by atoms with Crippen LogP contribution in [-0.4, -0.2) is 28.5 Å². The van der Waals surface area contributed by atoms with Gasteiger partial charge in [-0.15, -0.1) is 21.6 Å². The molecule has 0 spiro atoms. The Bertz CT molecular complexity index is 1270. The molecule has 0 aliphatic rings. The van der Waals surface area contributed by atoms with Gasteiger partial charge in [-0.25, -0.2) is 4.98 Å².